The van der Waals surface area contributed by atoms with Crippen LogP contribution in [0.15, 0.2) is 42.5 Å². The van der Waals surface area contributed by atoms with Gasteiger partial charge < -0.3 is 15.0 Å². The Morgan fingerprint density at radius 3 is 2.29 bits per heavy atom. The monoisotopic (exact) mass is 497 g/mol. The molecule has 2 aliphatic rings. The zero-order chi connectivity index (χ0) is 24.8. The normalized spacial score (nSPS) is 17.9. The van der Waals surface area contributed by atoms with E-state index < -0.39 is 0 Å². The lowest BCUT2D eigenvalue weighted by atomic mass is 9.95. The molecule has 35 heavy (non-hydrogen) atoms. The highest BCUT2D eigenvalue weighted by Gasteiger charge is 2.29. The summed E-state index contributed by atoms with van der Waals surface area (Å²) in [6.45, 7) is 7.29. The quantitative estimate of drug-likeness (QED) is 0.599. The van der Waals surface area contributed by atoms with E-state index in [-0.39, 0.29) is 17.7 Å². The molecule has 6 nitrogen and oxygen atoms in total. The van der Waals surface area contributed by atoms with Crippen molar-refractivity contribution in [3.05, 3.63) is 64.2 Å². The highest BCUT2D eigenvalue weighted by molar-refractivity contribution is 6.31. The third-order valence-electron chi connectivity index (χ3n) is 7.32. The highest BCUT2D eigenvalue weighted by Crippen LogP contribution is 2.26. The van der Waals surface area contributed by atoms with Crippen molar-refractivity contribution < 1.29 is 14.3 Å². The second-order valence-corrected chi connectivity index (χ2v) is 10.3. The summed E-state index contributed by atoms with van der Waals surface area (Å²) in [5.41, 5.74) is 2.89. The number of benzene rings is 2. The fraction of sp³-hybridized carbons (Fsp3) is 0.500. The van der Waals surface area contributed by atoms with Gasteiger partial charge in [-0.25, -0.2) is 0 Å². The number of rotatable bonds is 7. The summed E-state index contributed by atoms with van der Waals surface area (Å²) in [5, 5.41) is 3.58. The van der Waals surface area contributed by atoms with Crippen molar-refractivity contribution in [2.24, 2.45) is 11.8 Å². The molecule has 0 saturated carbocycles. The first-order valence-electron chi connectivity index (χ1n) is 12.6. The van der Waals surface area contributed by atoms with Gasteiger partial charge in [-0.15, -0.1) is 0 Å². The maximum absolute atomic E-state index is 13.0. The summed E-state index contributed by atoms with van der Waals surface area (Å²) in [6.07, 6.45) is 3.86. The summed E-state index contributed by atoms with van der Waals surface area (Å²) >= 11 is 6.08. The first-order chi connectivity index (χ1) is 16.9. The number of carbonyl (C=O) groups is 2. The lowest BCUT2D eigenvalue weighted by Crippen LogP contribution is -2.43. The number of methoxy groups -OCH3 is 1. The molecular formula is C28H36ClN3O3. The standard InChI is InChI=1S/C28H36ClN3O3/c1-20-9-13-31(14-10-20)19-22-5-3-21(4-6-22)18-30-27(33)23-11-15-32(16-12-23)28(34)25-17-24(29)7-8-26(25)35-2/h3-8,17,20,23H,9-16,18-19H2,1-2H3,(H,30,33). The van der Waals surface area contributed by atoms with E-state index in [9.17, 15) is 9.59 Å². The maximum atomic E-state index is 13.0. The zero-order valence-electron chi connectivity index (χ0n) is 20.8. The molecule has 7 heteroatoms. The van der Waals surface area contributed by atoms with Gasteiger partial charge in [-0.2, -0.15) is 0 Å². The molecule has 0 aromatic heterocycles. The molecule has 0 aliphatic carbocycles. The van der Waals surface area contributed by atoms with Crippen LogP contribution in [0, 0.1) is 11.8 Å². The molecule has 2 aromatic rings. The summed E-state index contributed by atoms with van der Waals surface area (Å²) in [4.78, 5) is 30.0. The van der Waals surface area contributed by atoms with Gasteiger partial charge in [0, 0.05) is 37.1 Å². The number of nitrogens with zero attached hydrogens (tertiary/aromatic N) is 2. The third-order valence-corrected chi connectivity index (χ3v) is 7.55. The Morgan fingerprint density at radius 2 is 1.63 bits per heavy atom. The second-order valence-electron chi connectivity index (χ2n) is 9.90. The molecule has 2 amide bonds. The van der Waals surface area contributed by atoms with Crippen LogP contribution in [0.5, 0.6) is 5.75 Å². The van der Waals surface area contributed by atoms with Crippen LogP contribution < -0.4 is 10.1 Å². The van der Waals surface area contributed by atoms with Crippen molar-refractivity contribution in [1.29, 1.82) is 0 Å². The Labute approximate surface area is 213 Å². The number of hydrogen-bond donors (Lipinski definition) is 1. The molecule has 2 fully saturated rings. The molecule has 2 saturated heterocycles. The first-order valence-corrected chi connectivity index (χ1v) is 13.0. The van der Waals surface area contributed by atoms with E-state index in [1.807, 2.05) is 0 Å². The summed E-state index contributed by atoms with van der Waals surface area (Å²) in [5.74, 6) is 1.22. The Bertz CT molecular complexity index is 1010. The Morgan fingerprint density at radius 1 is 0.971 bits per heavy atom. The number of nitrogens with one attached hydrogen (secondary N) is 1. The lowest BCUT2D eigenvalue weighted by molar-refractivity contribution is -0.126. The van der Waals surface area contributed by atoms with E-state index in [0.717, 1.165) is 18.0 Å². The second kappa shape index (κ2) is 11.9. The van der Waals surface area contributed by atoms with Gasteiger partial charge in [0.1, 0.15) is 5.75 Å². The molecule has 0 bridgehead atoms. The van der Waals surface area contributed by atoms with Crippen LogP contribution >= 0.6 is 11.6 Å². The fourth-order valence-electron chi connectivity index (χ4n) is 4.94. The third kappa shape index (κ3) is 6.77. The van der Waals surface area contributed by atoms with Gasteiger partial charge >= 0.3 is 0 Å². The van der Waals surface area contributed by atoms with Crippen molar-refractivity contribution in [2.45, 2.75) is 45.7 Å². The minimum atomic E-state index is -0.109. The van der Waals surface area contributed by atoms with Crippen LogP contribution in [-0.2, 0) is 17.9 Å². The molecule has 0 spiro atoms. The molecule has 0 atom stereocenters. The van der Waals surface area contributed by atoms with Crippen LogP contribution in [0.1, 0.15) is 54.1 Å². The van der Waals surface area contributed by atoms with E-state index in [1.54, 1.807) is 30.2 Å². The van der Waals surface area contributed by atoms with Gasteiger partial charge in [-0.05, 0) is 74.0 Å². The van der Waals surface area contributed by atoms with E-state index in [1.165, 1.54) is 31.5 Å². The summed E-state index contributed by atoms with van der Waals surface area (Å²) in [7, 11) is 1.54. The van der Waals surface area contributed by atoms with E-state index in [2.05, 4.69) is 41.4 Å². The molecule has 0 unspecified atom stereocenters. The highest BCUT2D eigenvalue weighted by atomic mass is 35.5. The largest absolute Gasteiger partial charge is 0.496 e. The number of piperidine rings is 2. The van der Waals surface area contributed by atoms with E-state index >= 15 is 0 Å². The van der Waals surface area contributed by atoms with Gasteiger partial charge in [0.05, 0.1) is 12.7 Å². The van der Waals surface area contributed by atoms with Crippen LogP contribution in [0.4, 0.5) is 0 Å². The van der Waals surface area contributed by atoms with Gasteiger partial charge in [0.15, 0.2) is 0 Å². The lowest BCUT2D eigenvalue weighted by Gasteiger charge is -2.31. The molecule has 0 radical (unpaired) electrons. The van der Waals surface area contributed by atoms with Crippen molar-refractivity contribution in [1.82, 2.24) is 15.1 Å². The molecule has 2 aliphatic heterocycles. The number of hydrogen-bond acceptors (Lipinski definition) is 4. The van der Waals surface area contributed by atoms with Crippen molar-refractivity contribution >= 4 is 23.4 Å². The Kier molecular flexibility index (Phi) is 8.69. The van der Waals surface area contributed by atoms with Crippen molar-refractivity contribution in [2.75, 3.05) is 33.3 Å². The van der Waals surface area contributed by atoms with E-state index in [4.69, 9.17) is 16.3 Å². The van der Waals surface area contributed by atoms with Crippen LogP contribution in [0.2, 0.25) is 5.02 Å². The van der Waals surface area contributed by atoms with Crippen molar-refractivity contribution in [3.63, 3.8) is 0 Å². The molecule has 4 rings (SSSR count). The SMILES string of the molecule is COc1ccc(Cl)cc1C(=O)N1CCC(C(=O)NCc2ccc(CN3CCC(C)CC3)cc2)CC1. The Hall–Kier alpha value is -2.57. The first kappa shape index (κ1) is 25.5. The zero-order valence-corrected chi connectivity index (χ0v) is 21.5. The average Bonchev–Trinajstić information content (AvgIpc) is 2.89. The predicted molar refractivity (Wildman–Crippen MR) is 139 cm³/mol. The minimum Gasteiger partial charge on any atom is -0.496 e. The predicted octanol–water partition coefficient (Wildman–Crippen LogP) is 4.75. The summed E-state index contributed by atoms with van der Waals surface area (Å²) < 4.78 is 5.32. The summed E-state index contributed by atoms with van der Waals surface area (Å²) in [6, 6.07) is 13.6. The molecular weight excluding hydrogens is 462 g/mol. The van der Waals surface area contributed by atoms with E-state index in [0.29, 0.717) is 48.8 Å². The number of likely N-dealkylation sites (tertiary alicyclic amines) is 2. The van der Waals surface area contributed by atoms with Crippen molar-refractivity contribution in [3.8, 4) is 5.75 Å². The smallest absolute Gasteiger partial charge is 0.257 e. The molecule has 188 valence electrons. The van der Waals surface area contributed by atoms with Crippen LogP contribution in [0.3, 0.4) is 0 Å². The number of carbonyl (C=O) groups excluding carboxylic acids is 2. The number of halogens is 1. The van der Waals surface area contributed by atoms with Gasteiger partial charge in [0.25, 0.3) is 5.91 Å². The maximum Gasteiger partial charge on any atom is 0.257 e. The molecule has 2 aromatic carbocycles. The number of amides is 2. The van der Waals surface area contributed by atoms with Gasteiger partial charge in [-0.3, -0.25) is 14.5 Å². The molecule has 2 heterocycles. The topological polar surface area (TPSA) is 61.9 Å². The Balaban J connectivity index is 1.22. The van der Waals surface area contributed by atoms with Crippen LogP contribution in [-0.4, -0.2) is 54.9 Å². The number of ether oxygens (including phenoxy) is 1. The van der Waals surface area contributed by atoms with Gasteiger partial charge in [-0.1, -0.05) is 42.8 Å². The van der Waals surface area contributed by atoms with Crippen LogP contribution in [0.25, 0.3) is 0 Å². The molecule has 1 N–H and O–H groups in total. The minimum absolute atomic E-state index is 0.0592. The fourth-order valence-corrected chi connectivity index (χ4v) is 5.11. The average molecular weight is 498 g/mol. The van der Waals surface area contributed by atoms with Gasteiger partial charge in [0.2, 0.25) is 5.91 Å².